The Hall–Kier alpha value is -0.870. The van der Waals surface area contributed by atoms with Gasteiger partial charge in [-0.05, 0) is 51.4 Å². The third-order valence-corrected chi connectivity index (χ3v) is 3.59. The summed E-state index contributed by atoms with van der Waals surface area (Å²) in [5.74, 6) is 1.17. The summed E-state index contributed by atoms with van der Waals surface area (Å²) in [6.07, 6.45) is 3.17. The Morgan fingerprint density at radius 2 is 2.11 bits per heavy atom. The number of nitrogens with two attached hydrogens (primary N) is 1. The van der Waals surface area contributed by atoms with Crippen molar-refractivity contribution in [3.05, 3.63) is 28.5 Å². The standard InChI is InChI=1S/C14H20BrN3/c1-10(2)18-13-7-6-11(15)9-12(13)17-14(18)5-3-4-8-16/h6-7,9-10H,3-5,8,16H2,1-2H3. The summed E-state index contributed by atoms with van der Waals surface area (Å²) in [6, 6.07) is 6.73. The number of imidazole rings is 1. The second-order valence-corrected chi connectivity index (χ2v) is 5.79. The molecule has 2 N–H and O–H groups in total. The zero-order chi connectivity index (χ0) is 13.1. The third-order valence-electron chi connectivity index (χ3n) is 3.10. The number of hydrogen-bond acceptors (Lipinski definition) is 2. The largest absolute Gasteiger partial charge is 0.330 e. The molecule has 0 aliphatic heterocycles. The van der Waals surface area contributed by atoms with E-state index < -0.39 is 0 Å². The maximum atomic E-state index is 5.55. The van der Waals surface area contributed by atoms with Crippen molar-refractivity contribution in [3.63, 3.8) is 0 Å². The summed E-state index contributed by atoms with van der Waals surface area (Å²) in [6.45, 7) is 5.17. The van der Waals surface area contributed by atoms with Crippen molar-refractivity contribution in [2.45, 2.75) is 39.2 Å². The lowest BCUT2D eigenvalue weighted by Crippen LogP contribution is -2.07. The Morgan fingerprint density at radius 1 is 1.33 bits per heavy atom. The number of nitrogens with zero attached hydrogens (tertiary/aromatic N) is 2. The Bertz CT molecular complexity index is 531. The molecule has 2 rings (SSSR count). The number of rotatable bonds is 5. The number of fused-ring (bicyclic) bond motifs is 1. The highest BCUT2D eigenvalue weighted by Gasteiger charge is 2.12. The van der Waals surface area contributed by atoms with Gasteiger partial charge in [-0.3, -0.25) is 0 Å². The monoisotopic (exact) mass is 309 g/mol. The smallest absolute Gasteiger partial charge is 0.110 e. The molecule has 1 heterocycles. The van der Waals surface area contributed by atoms with Crippen LogP contribution in [0, 0.1) is 0 Å². The first kappa shape index (κ1) is 13.6. The molecule has 0 aliphatic carbocycles. The van der Waals surface area contributed by atoms with Crippen LogP contribution in [0.25, 0.3) is 11.0 Å². The van der Waals surface area contributed by atoms with Gasteiger partial charge in [0.15, 0.2) is 0 Å². The molecule has 0 aliphatic rings. The molecule has 2 aromatic rings. The van der Waals surface area contributed by atoms with Gasteiger partial charge >= 0.3 is 0 Å². The van der Waals surface area contributed by atoms with E-state index in [-0.39, 0.29) is 0 Å². The van der Waals surface area contributed by atoms with Crippen molar-refractivity contribution in [1.29, 1.82) is 0 Å². The highest BCUT2D eigenvalue weighted by atomic mass is 79.9. The van der Waals surface area contributed by atoms with Crippen molar-refractivity contribution >= 4 is 27.0 Å². The number of hydrogen-bond donors (Lipinski definition) is 1. The Morgan fingerprint density at radius 3 is 2.78 bits per heavy atom. The Kier molecular flexibility index (Phi) is 4.40. The summed E-state index contributed by atoms with van der Waals surface area (Å²) in [5, 5.41) is 0. The number of aryl methyl sites for hydroxylation is 1. The SMILES string of the molecule is CC(C)n1c(CCCCN)nc2cc(Br)ccc21. The summed E-state index contributed by atoms with van der Waals surface area (Å²) in [5.41, 5.74) is 7.84. The molecule has 0 atom stereocenters. The van der Waals surface area contributed by atoms with Crippen molar-refractivity contribution in [3.8, 4) is 0 Å². The molecule has 4 heteroatoms. The van der Waals surface area contributed by atoms with Crippen LogP contribution in [0.5, 0.6) is 0 Å². The minimum atomic E-state index is 0.434. The average molecular weight is 310 g/mol. The molecule has 0 radical (unpaired) electrons. The van der Waals surface area contributed by atoms with Crippen LogP contribution in [0.15, 0.2) is 22.7 Å². The first-order valence-corrected chi connectivity index (χ1v) is 7.29. The van der Waals surface area contributed by atoms with Gasteiger partial charge < -0.3 is 10.3 Å². The van der Waals surface area contributed by atoms with Gasteiger partial charge in [0.05, 0.1) is 11.0 Å². The quantitative estimate of drug-likeness (QED) is 0.857. The van der Waals surface area contributed by atoms with Gasteiger partial charge in [0.25, 0.3) is 0 Å². The van der Waals surface area contributed by atoms with E-state index in [1.807, 2.05) is 0 Å². The fourth-order valence-corrected chi connectivity index (χ4v) is 2.65. The van der Waals surface area contributed by atoms with E-state index in [1.165, 1.54) is 11.3 Å². The molecule has 0 amide bonds. The highest BCUT2D eigenvalue weighted by molar-refractivity contribution is 9.10. The van der Waals surface area contributed by atoms with Crippen molar-refractivity contribution < 1.29 is 0 Å². The van der Waals surface area contributed by atoms with Gasteiger partial charge in [-0.15, -0.1) is 0 Å². The maximum Gasteiger partial charge on any atom is 0.110 e. The molecule has 3 nitrogen and oxygen atoms in total. The van der Waals surface area contributed by atoms with Crippen LogP contribution in [-0.2, 0) is 6.42 Å². The molecule has 0 spiro atoms. The Balaban J connectivity index is 2.41. The molecule has 98 valence electrons. The fourth-order valence-electron chi connectivity index (χ4n) is 2.30. The van der Waals surface area contributed by atoms with Crippen LogP contribution in [0.4, 0.5) is 0 Å². The Labute approximate surface area is 117 Å². The normalized spacial score (nSPS) is 11.6. The molecule has 0 saturated heterocycles. The van der Waals surface area contributed by atoms with Crippen molar-refractivity contribution in [1.82, 2.24) is 9.55 Å². The predicted octanol–water partition coefficient (Wildman–Crippen LogP) is 3.66. The molecular formula is C14H20BrN3. The van der Waals surface area contributed by atoms with Crippen LogP contribution in [0.2, 0.25) is 0 Å². The maximum absolute atomic E-state index is 5.55. The molecule has 1 aromatic heterocycles. The van der Waals surface area contributed by atoms with E-state index in [1.54, 1.807) is 0 Å². The molecule has 0 saturated carbocycles. The van der Waals surface area contributed by atoms with E-state index in [9.17, 15) is 0 Å². The third kappa shape index (κ3) is 2.75. The molecule has 0 bridgehead atoms. The van der Waals surface area contributed by atoms with E-state index in [2.05, 4.69) is 52.5 Å². The summed E-state index contributed by atoms with van der Waals surface area (Å²) >= 11 is 3.50. The topological polar surface area (TPSA) is 43.8 Å². The number of unbranched alkanes of at least 4 members (excludes halogenated alkanes) is 1. The highest BCUT2D eigenvalue weighted by Crippen LogP contribution is 2.24. The lowest BCUT2D eigenvalue weighted by Gasteiger charge is -2.12. The zero-order valence-electron chi connectivity index (χ0n) is 11.0. The zero-order valence-corrected chi connectivity index (χ0v) is 12.6. The van der Waals surface area contributed by atoms with Gasteiger partial charge in [-0.1, -0.05) is 15.9 Å². The summed E-state index contributed by atoms with van der Waals surface area (Å²) in [4.78, 5) is 4.76. The van der Waals surface area contributed by atoms with Crippen molar-refractivity contribution in [2.24, 2.45) is 5.73 Å². The first-order valence-electron chi connectivity index (χ1n) is 6.50. The minimum Gasteiger partial charge on any atom is -0.330 e. The lowest BCUT2D eigenvalue weighted by molar-refractivity contribution is 0.571. The van der Waals surface area contributed by atoms with Gasteiger partial charge in [-0.25, -0.2) is 4.98 Å². The molecule has 18 heavy (non-hydrogen) atoms. The van der Waals surface area contributed by atoms with Crippen LogP contribution < -0.4 is 5.73 Å². The lowest BCUT2D eigenvalue weighted by atomic mass is 10.2. The number of aromatic nitrogens is 2. The fraction of sp³-hybridized carbons (Fsp3) is 0.500. The van der Waals surface area contributed by atoms with Gasteiger partial charge in [-0.2, -0.15) is 0 Å². The molecule has 1 aromatic carbocycles. The van der Waals surface area contributed by atoms with Crippen LogP contribution >= 0.6 is 15.9 Å². The first-order chi connectivity index (χ1) is 8.63. The van der Waals surface area contributed by atoms with Crippen LogP contribution in [-0.4, -0.2) is 16.1 Å². The second kappa shape index (κ2) is 5.85. The molecular weight excluding hydrogens is 290 g/mol. The van der Waals surface area contributed by atoms with Gasteiger partial charge in [0.2, 0.25) is 0 Å². The van der Waals surface area contributed by atoms with E-state index in [0.717, 1.165) is 35.8 Å². The summed E-state index contributed by atoms with van der Waals surface area (Å²) in [7, 11) is 0. The average Bonchev–Trinajstić information content (AvgIpc) is 2.66. The number of halogens is 1. The summed E-state index contributed by atoms with van der Waals surface area (Å²) < 4.78 is 3.41. The predicted molar refractivity (Wildman–Crippen MR) is 79.8 cm³/mol. The van der Waals surface area contributed by atoms with Crippen molar-refractivity contribution in [2.75, 3.05) is 6.54 Å². The van der Waals surface area contributed by atoms with E-state index in [0.29, 0.717) is 6.04 Å². The molecule has 0 unspecified atom stereocenters. The minimum absolute atomic E-state index is 0.434. The van der Waals surface area contributed by atoms with Crippen LogP contribution in [0.3, 0.4) is 0 Å². The molecule has 0 fully saturated rings. The second-order valence-electron chi connectivity index (χ2n) is 4.87. The van der Waals surface area contributed by atoms with Gasteiger partial charge in [0, 0.05) is 16.9 Å². The van der Waals surface area contributed by atoms with Gasteiger partial charge in [0.1, 0.15) is 5.82 Å². The van der Waals surface area contributed by atoms with E-state index >= 15 is 0 Å². The number of benzene rings is 1. The van der Waals surface area contributed by atoms with Crippen LogP contribution in [0.1, 0.15) is 38.6 Å². The van der Waals surface area contributed by atoms with E-state index in [4.69, 9.17) is 10.7 Å².